The summed E-state index contributed by atoms with van der Waals surface area (Å²) in [5.74, 6) is -0.425. The van der Waals surface area contributed by atoms with E-state index in [0.717, 1.165) is 10.9 Å². The summed E-state index contributed by atoms with van der Waals surface area (Å²) in [6.45, 7) is 0.708. The molecule has 0 N–H and O–H groups in total. The van der Waals surface area contributed by atoms with Crippen LogP contribution in [0.15, 0.2) is 96.8 Å². The number of hydrogen-bond donors (Lipinski definition) is 0. The lowest BCUT2D eigenvalue weighted by Crippen LogP contribution is -2.22. The number of carbonyl (C=O) groups is 1. The minimum Gasteiger partial charge on any atom is -0.466 e. The molecule has 0 spiro atoms. The summed E-state index contributed by atoms with van der Waals surface area (Å²) < 4.78 is 5.08. The van der Waals surface area contributed by atoms with Crippen LogP contribution in [-0.2, 0) is 16.1 Å². The number of benzene rings is 3. The van der Waals surface area contributed by atoms with Crippen LogP contribution in [0.1, 0.15) is 17.0 Å². The van der Waals surface area contributed by atoms with E-state index in [1.54, 1.807) is 0 Å². The number of rotatable bonds is 4. The molecule has 3 nitrogen and oxygen atoms in total. The van der Waals surface area contributed by atoms with E-state index in [4.69, 9.17) is 4.74 Å². The van der Waals surface area contributed by atoms with E-state index >= 15 is 0 Å². The summed E-state index contributed by atoms with van der Waals surface area (Å²) in [7, 11) is 1.43. The molecule has 3 heteroatoms. The largest absolute Gasteiger partial charge is 0.466 e. The molecule has 0 saturated carbocycles. The molecule has 0 saturated heterocycles. The molecule has 1 atom stereocenters. The molecule has 0 radical (unpaired) electrons. The monoisotopic (exact) mass is 355 g/mol. The highest BCUT2D eigenvalue weighted by atomic mass is 16.5. The lowest BCUT2D eigenvalue weighted by atomic mass is 9.86. The van der Waals surface area contributed by atoms with Gasteiger partial charge in [-0.1, -0.05) is 78.9 Å². The van der Waals surface area contributed by atoms with Gasteiger partial charge in [0.2, 0.25) is 0 Å². The van der Waals surface area contributed by atoms with Crippen LogP contribution in [0.2, 0.25) is 0 Å². The number of allylic oxidation sites excluding steroid dienone is 1. The van der Waals surface area contributed by atoms with Gasteiger partial charge in [0.1, 0.15) is 0 Å². The molecule has 27 heavy (non-hydrogen) atoms. The Morgan fingerprint density at radius 1 is 0.963 bits per heavy atom. The highest BCUT2D eigenvalue weighted by Gasteiger charge is 2.26. The standard InChI is InChI=1S/C24H21NO2/c1-27-24(26)23-17-25(16-18-8-3-2-4-9-18)15-14-22(23)21-13-7-11-19-10-5-6-12-20(19)21/h2-15,17,22H,16H2,1H3. The first-order valence-corrected chi connectivity index (χ1v) is 9.02. The first-order chi connectivity index (χ1) is 13.3. The maximum Gasteiger partial charge on any atom is 0.336 e. The van der Waals surface area contributed by atoms with Crippen molar-refractivity contribution in [2.45, 2.75) is 12.5 Å². The highest BCUT2D eigenvalue weighted by Crippen LogP contribution is 2.35. The Morgan fingerprint density at radius 2 is 1.70 bits per heavy atom. The van der Waals surface area contributed by atoms with Crippen molar-refractivity contribution in [3.63, 3.8) is 0 Å². The van der Waals surface area contributed by atoms with Gasteiger partial charge in [0, 0.05) is 24.9 Å². The lowest BCUT2D eigenvalue weighted by molar-refractivity contribution is -0.136. The van der Waals surface area contributed by atoms with Gasteiger partial charge in [-0.2, -0.15) is 0 Å². The molecule has 0 amide bonds. The Morgan fingerprint density at radius 3 is 2.52 bits per heavy atom. The SMILES string of the molecule is COC(=O)C1=CN(Cc2ccccc2)C=CC1c1cccc2ccccc12. The van der Waals surface area contributed by atoms with Crippen molar-refractivity contribution < 1.29 is 9.53 Å². The van der Waals surface area contributed by atoms with E-state index in [0.29, 0.717) is 12.1 Å². The van der Waals surface area contributed by atoms with E-state index < -0.39 is 0 Å². The van der Waals surface area contributed by atoms with Gasteiger partial charge in [0.25, 0.3) is 0 Å². The summed E-state index contributed by atoms with van der Waals surface area (Å²) in [6.07, 6.45) is 6.04. The Balaban J connectivity index is 1.72. The van der Waals surface area contributed by atoms with Crippen molar-refractivity contribution >= 4 is 16.7 Å². The van der Waals surface area contributed by atoms with Crippen LogP contribution in [-0.4, -0.2) is 18.0 Å². The smallest absolute Gasteiger partial charge is 0.336 e. The van der Waals surface area contributed by atoms with Crippen LogP contribution >= 0.6 is 0 Å². The number of fused-ring (bicyclic) bond motifs is 1. The normalized spacial score (nSPS) is 16.3. The van der Waals surface area contributed by atoms with Crippen LogP contribution in [0.4, 0.5) is 0 Å². The molecule has 0 fully saturated rings. The number of hydrogen-bond acceptors (Lipinski definition) is 3. The number of ether oxygens (including phenoxy) is 1. The molecule has 1 heterocycles. The minimum atomic E-state index is -0.296. The predicted molar refractivity (Wildman–Crippen MR) is 108 cm³/mol. The average Bonchev–Trinajstić information content (AvgIpc) is 2.73. The molecule has 4 rings (SSSR count). The van der Waals surface area contributed by atoms with Gasteiger partial charge in [-0.05, 0) is 21.9 Å². The van der Waals surface area contributed by atoms with Crippen LogP contribution < -0.4 is 0 Å². The molecule has 134 valence electrons. The van der Waals surface area contributed by atoms with Crippen LogP contribution in [0, 0.1) is 0 Å². The number of esters is 1. The maximum atomic E-state index is 12.5. The molecule has 1 aliphatic heterocycles. The summed E-state index contributed by atoms with van der Waals surface area (Å²) in [5.41, 5.74) is 2.94. The van der Waals surface area contributed by atoms with Crippen molar-refractivity contribution in [3.8, 4) is 0 Å². The summed E-state index contributed by atoms with van der Waals surface area (Å²) in [4.78, 5) is 14.6. The van der Waals surface area contributed by atoms with Crippen molar-refractivity contribution in [1.29, 1.82) is 0 Å². The zero-order valence-corrected chi connectivity index (χ0v) is 15.2. The second-order valence-electron chi connectivity index (χ2n) is 6.62. The fourth-order valence-corrected chi connectivity index (χ4v) is 3.59. The van der Waals surface area contributed by atoms with E-state index in [9.17, 15) is 4.79 Å². The highest BCUT2D eigenvalue weighted by molar-refractivity contribution is 5.94. The van der Waals surface area contributed by atoms with Gasteiger partial charge < -0.3 is 9.64 Å². The quantitative estimate of drug-likeness (QED) is 0.616. The maximum absolute atomic E-state index is 12.5. The van der Waals surface area contributed by atoms with Crippen molar-refractivity contribution in [2.24, 2.45) is 0 Å². The second-order valence-corrected chi connectivity index (χ2v) is 6.62. The summed E-state index contributed by atoms with van der Waals surface area (Å²) in [6, 6.07) is 24.7. The van der Waals surface area contributed by atoms with Crippen molar-refractivity contribution in [3.05, 3.63) is 108 Å². The fourth-order valence-electron chi connectivity index (χ4n) is 3.59. The van der Waals surface area contributed by atoms with E-state index in [1.165, 1.54) is 18.1 Å². The topological polar surface area (TPSA) is 29.5 Å². The molecule has 3 aromatic carbocycles. The third-order valence-electron chi connectivity index (χ3n) is 4.90. The molecule has 0 aromatic heterocycles. The van der Waals surface area contributed by atoms with Crippen molar-refractivity contribution in [2.75, 3.05) is 7.11 Å². The van der Waals surface area contributed by atoms with E-state index in [-0.39, 0.29) is 11.9 Å². The fraction of sp³-hybridized carbons (Fsp3) is 0.125. The van der Waals surface area contributed by atoms with Crippen molar-refractivity contribution in [1.82, 2.24) is 4.90 Å². The van der Waals surface area contributed by atoms with E-state index in [2.05, 4.69) is 42.5 Å². The average molecular weight is 355 g/mol. The van der Waals surface area contributed by atoms with Crippen LogP contribution in [0.25, 0.3) is 10.8 Å². The third kappa shape index (κ3) is 3.49. The van der Waals surface area contributed by atoms with Gasteiger partial charge in [0.05, 0.1) is 12.7 Å². The first kappa shape index (κ1) is 17.1. The van der Waals surface area contributed by atoms with Gasteiger partial charge >= 0.3 is 5.97 Å². The third-order valence-corrected chi connectivity index (χ3v) is 4.90. The minimum absolute atomic E-state index is 0.129. The molecule has 1 aliphatic rings. The van der Waals surface area contributed by atoms with Gasteiger partial charge in [-0.15, -0.1) is 0 Å². The number of carbonyl (C=O) groups excluding carboxylic acids is 1. The first-order valence-electron chi connectivity index (χ1n) is 9.02. The van der Waals surface area contributed by atoms with Gasteiger partial charge in [-0.3, -0.25) is 0 Å². The second kappa shape index (κ2) is 7.50. The van der Waals surface area contributed by atoms with Crippen LogP contribution in [0.3, 0.4) is 0 Å². The van der Waals surface area contributed by atoms with E-state index in [1.807, 2.05) is 53.7 Å². The van der Waals surface area contributed by atoms with Crippen LogP contribution in [0.5, 0.6) is 0 Å². The lowest BCUT2D eigenvalue weighted by Gasteiger charge is -2.27. The molecule has 3 aromatic rings. The zero-order chi connectivity index (χ0) is 18.6. The molecular formula is C24H21NO2. The molecular weight excluding hydrogens is 334 g/mol. The Hall–Kier alpha value is -3.33. The van der Waals surface area contributed by atoms with Gasteiger partial charge in [-0.25, -0.2) is 4.79 Å². The Kier molecular flexibility index (Phi) is 4.75. The molecule has 1 unspecified atom stereocenters. The molecule has 0 aliphatic carbocycles. The Bertz CT molecular complexity index is 1020. The summed E-state index contributed by atoms with van der Waals surface area (Å²) >= 11 is 0. The van der Waals surface area contributed by atoms with Gasteiger partial charge in [0.15, 0.2) is 0 Å². The zero-order valence-electron chi connectivity index (χ0n) is 15.2. The Labute approximate surface area is 159 Å². The number of nitrogens with zero attached hydrogens (tertiary/aromatic N) is 1. The number of methoxy groups -OCH3 is 1. The predicted octanol–water partition coefficient (Wildman–Crippen LogP) is 5.01. The summed E-state index contributed by atoms with van der Waals surface area (Å²) in [5, 5.41) is 2.32. The molecule has 0 bridgehead atoms.